The Kier molecular flexibility index (Phi) is 3.66. The minimum absolute atomic E-state index is 0.0671. The Hall–Kier alpha value is -1.56. The maximum Gasteiger partial charge on any atom is 0.261 e. The number of carbonyl (C=O) groups excluding carboxylic acids is 1. The summed E-state index contributed by atoms with van der Waals surface area (Å²) in [4.78, 5) is 10.7. The average molecular weight is 136 g/mol. The first-order valence-electron chi connectivity index (χ1n) is 2.71. The summed E-state index contributed by atoms with van der Waals surface area (Å²) in [6, 6.07) is 1.73. The molecule has 0 fully saturated rings. The predicted octanol–water partition coefficient (Wildman–Crippen LogP) is 0.368. The molecule has 3 heteroatoms. The zero-order valence-corrected chi connectivity index (χ0v) is 5.72. The monoisotopic (exact) mass is 136 g/mol. The van der Waals surface area contributed by atoms with Crippen molar-refractivity contribution in [2.75, 3.05) is 7.05 Å². The molecule has 0 bridgehead atoms. The lowest BCUT2D eigenvalue weighted by molar-refractivity contribution is -0.116. The van der Waals surface area contributed by atoms with Gasteiger partial charge in [0.1, 0.15) is 11.6 Å². The van der Waals surface area contributed by atoms with Crippen molar-refractivity contribution in [3.63, 3.8) is 0 Å². The number of nitrogens with zero attached hydrogens (tertiary/aromatic N) is 1. The SMILES string of the molecule is C=C/C=C(\C#N)C(=O)NC. The summed E-state index contributed by atoms with van der Waals surface area (Å²) in [6.45, 7) is 3.36. The normalized spacial score (nSPS) is 9.80. The first-order chi connectivity index (χ1) is 4.76. The zero-order valence-electron chi connectivity index (χ0n) is 5.72. The largest absolute Gasteiger partial charge is 0.354 e. The van der Waals surface area contributed by atoms with E-state index in [1.807, 2.05) is 0 Å². The highest BCUT2D eigenvalue weighted by Gasteiger charge is 2.02. The lowest BCUT2D eigenvalue weighted by Crippen LogP contribution is -2.18. The topological polar surface area (TPSA) is 52.9 Å². The van der Waals surface area contributed by atoms with Gasteiger partial charge < -0.3 is 5.32 Å². The van der Waals surface area contributed by atoms with Crippen LogP contribution in [-0.2, 0) is 4.79 Å². The molecule has 0 aromatic rings. The molecule has 0 aliphatic heterocycles. The Morgan fingerprint density at radius 2 is 2.40 bits per heavy atom. The first kappa shape index (κ1) is 8.44. The number of rotatable bonds is 2. The van der Waals surface area contributed by atoms with Gasteiger partial charge in [-0.3, -0.25) is 4.79 Å². The minimum atomic E-state index is -0.387. The van der Waals surface area contributed by atoms with Crippen molar-refractivity contribution in [2.45, 2.75) is 0 Å². The van der Waals surface area contributed by atoms with Crippen molar-refractivity contribution in [2.24, 2.45) is 0 Å². The lowest BCUT2D eigenvalue weighted by atomic mass is 10.2. The number of hydrogen-bond donors (Lipinski definition) is 1. The highest BCUT2D eigenvalue weighted by atomic mass is 16.1. The van der Waals surface area contributed by atoms with Crippen LogP contribution in [0.5, 0.6) is 0 Å². The molecule has 0 unspecified atom stereocenters. The van der Waals surface area contributed by atoms with Gasteiger partial charge in [-0.15, -0.1) is 0 Å². The van der Waals surface area contributed by atoms with Crippen LogP contribution in [-0.4, -0.2) is 13.0 Å². The number of nitrogens with one attached hydrogen (secondary N) is 1. The standard InChI is InChI=1S/C7H8N2O/c1-3-4-6(5-8)7(10)9-2/h3-4H,1H2,2H3,(H,9,10)/b6-4+. The van der Waals surface area contributed by atoms with Gasteiger partial charge in [-0.2, -0.15) is 5.26 Å². The third-order valence-corrected chi connectivity index (χ3v) is 0.877. The van der Waals surface area contributed by atoms with Gasteiger partial charge >= 0.3 is 0 Å². The van der Waals surface area contributed by atoms with Crippen LogP contribution in [0.4, 0.5) is 0 Å². The summed E-state index contributed by atoms with van der Waals surface area (Å²) in [5, 5.41) is 10.7. The van der Waals surface area contributed by atoms with E-state index in [-0.39, 0.29) is 11.5 Å². The first-order valence-corrected chi connectivity index (χ1v) is 2.71. The highest BCUT2D eigenvalue weighted by Crippen LogP contribution is 1.90. The molecule has 0 spiro atoms. The Morgan fingerprint density at radius 1 is 1.80 bits per heavy atom. The van der Waals surface area contributed by atoms with Crippen LogP contribution in [0.15, 0.2) is 24.3 Å². The smallest absolute Gasteiger partial charge is 0.261 e. The van der Waals surface area contributed by atoms with E-state index in [0.717, 1.165) is 0 Å². The molecule has 0 rings (SSSR count). The molecule has 0 radical (unpaired) electrons. The molecule has 1 N–H and O–H groups in total. The Balaban J connectivity index is 4.39. The summed E-state index contributed by atoms with van der Waals surface area (Å²) in [7, 11) is 1.47. The van der Waals surface area contributed by atoms with E-state index in [1.54, 1.807) is 6.07 Å². The highest BCUT2D eigenvalue weighted by molar-refractivity contribution is 5.97. The minimum Gasteiger partial charge on any atom is -0.354 e. The maximum atomic E-state index is 10.7. The summed E-state index contributed by atoms with van der Waals surface area (Å²) < 4.78 is 0. The Labute approximate surface area is 59.7 Å². The second-order valence-corrected chi connectivity index (χ2v) is 1.51. The van der Waals surface area contributed by atoms with Crippen molar-refractivity contribution in [1.82, 2.24) is 5.32 Å². The number of carbonyl (C=O) groups is 1. The molecular weight excluding hydrogens is 128 g/mol. The Morgan fingerprint density at radius 3 is 2.70 bits per heavy atom. The van der Waals surface area contributed by atoms with E-state index in [2.05, 4.69) is 11.9 Å². The van der Waals surface area contributed by atoms with E-state index in [1.165, 1.54) is 19.2 Å². The quantitative estimate of drug-likeness (QED) is 0.338. The summed E-state index contributed by atoms with van der Waals surface area (Å²) in [5.74, 6) is -0.387. The summed E-state index contributed by atoms with van der Waals surface area (Å²) in [5.41, 5.74) is 0.0671. The van der Waals surface area contributed by atoms with Gasteiger partial charge in [0.15, 0.2) is 0 Å². The van der Waals surface area contributed by atoms with E-state index >= 15 is 0 Å². The van der Waals surface area contributed by atoms with Crippen LogP contribution < -0.4 is 5.32 Å². The number of hydrogen-bond acceptors (Lipinski definition) is 2. The van der Waals surface area contributed by atoms with Crippen LogP contribution in [0, 0.1) is 11.3 Å². The van der Waals surface area contributed by atoms with Gasteiger partial charge in [-0.25, -0.2) is 0 Å². The van der Waals surface area contributed by atoms with Gasteiger partial charge in [0.25, 0.3) is 5.91 Å². The van der Waals surface area contributed by atoms with E-state index < -0.39 is 0 Å². The van der Waals surface area contributed by atoms with Gasteiger partial charge in [0.05, 0.1) is 0 Å². The van der Waals surface area contributed by atoms with Crippen molar-refractivity contribution in [3.05, 3.63) is 24.3 Å². The average Bonchev–Trinajstić information content (AvgIpc) is 1.99. The van der Waals surface area contributed by atoms with Crippen LogP contribution in [0.3, 0.4) is 0 Å². The van der Waals surface area contributed by atoms with Gasteiger partial charge in [0, 0.05) is 7.05 Å². The summed E-state index contributed by atoms with van der Waals surface area (Å²) in [6.07, 6.45) is 2.76. The molecule has 10 heavy (non-hydrogen) atoms. The summed E-state index contributed by atoms with van der Waals surface area (Å²) >= 11 is 0. The fraction of sp³-hybridized carbons (Fsp3) is 0.143. The molecule has 0 aliphatic rings. The second-order valence-electron chi connectivity index (χ2n) is 1.51. The molecule has 0 aromatic heterocycles. The van der Waals surface area contributed by atoms with Crippen LogP contribution in [0.2, 0.25) is 0 Å². The van der Waals surface area contributed by atoms with Crippen molar-refractivity contribution >= 4 is 5.91 Å². The predicted molar refractivity (Wildman–Crippen MR) is 38.0 cm³/mol. The van der Waals surface area contributed by atoms with E-state index in [9.17, 15) is 4.79 Å². The molecule has 0 heterocycles. The molecule has 1 amide bonds. The number of likely N-dealkylation sites (N-methyl/N-ethyl adjacent to an activating group) is 1. The molecule has 0 atom stereocenters. The van der Waals surface area contributed by atoms with Crippen LogP contribution in [0.25, 0.3) is 0 Å². The van der Waals surface area contributed by atoms with Crippen molar-refractivity contribution in [1.29, 1.82) is 5.26 Å². The molecule has 0 saturated carbocycles. The third kappa shape index (κ3) is 2.14. The van der Waals surface area contributed by atoms with E-state index in [0.29, 0.717) is 0 Å². The zero-order chi connectivity index (χ0) is 7.98. The fourth-order valence-electron chi connectivity index (χ4n) is 0.416. The van der Waals surface area contributed by atoms with Crippen LogP contribution in [0.1, 0.15) is 0 Å². The molecule has 3 nitrogen and oxygen atoms in total. The van der Waals surface area contributed by atoms with Gasteiger partial charge in [0.2, 0.25) is 0 Å². The lowest BCUT2D eigenvalue weighted by Gasteiger charge is -1.92. The number of amides is 1. The molecule has 0 saturated heterocycles. The fourth-order valence-corrected chi connectivity index (χ4v) is 0.416. The van der Waals surface area contributed by atoms with Crippen molar-refractivity contribution in [3.8, 4) is 6.07 Å². The molecule has 52 valence electrons. The van der Waals surface area contributed by atoms with Gasteiger partial charge in [-0.1, -0.05) is 12.7 Å². The van der Waals surface area contributed by atoms with Crippen molar-refractivity contribution < 1.29 is 4.79 Å². The molecule has 0 aliphatic carbocycles. The third-order valence-electron chi connectivity index (χ3n) is 0.877. The second kappa shape index (κ2) is 4.33. The van der Waals surface area contributed by atoms with Gasteiger partial charge in [-0.05, 0) is 6.08 Å². The number of allylic oxidation sites excluding steroid dienone is 2. The Bertz CT molecular complexity index is 210. The van der Waals surface area contributed by atoms with E-state index in [4.69, 9.17) is 5.26 Å². The maximum absolute atomic E-state index is 10.7. The molecule has 0 aromatic carbocycles. The molecular formula is C7H8N2O. The number of nitriles is 1. The van der Waals surface area contributed by atoms with Crippen LogP contribution >= 0.6 is 0 Å².